The molecule has 10 nitrogen and oxygen atoms in total. The molecule has 4 aromatic rings. The molecule has 4 rings (SSSR count). The van der Waals surface area contributed by atoms with Crippen molar-refractivity contribution in [3.63, 3.8) is 0 Å². The van der Waals surface area contributed by atoms with E-state index >= 15 is 0 Å². The van der Waals surface area contributed by atoms with Gasteiger partial charge >= 0.3 is 0 Å². The summed E-state index contributed by atoms with van der Waals surface area (Å²) in [5.41, 5.74) is 7.09. The van der Waals surface area contributed by atoms with Crippen LogP contribution in [0.1, 0.15) is 5.69 Å². The van der Waals surface area contributed by atoms with Crippen molar-refractivity contribution in [2.24, 2.45) is 0 Å². The van der Waals surface area contributed by atoms with Gasteiger partial charge in [-0.2, -0.15) is 0 Å². The molecule has 0 unspecified atom stereocenters. The maximum absolute atomic E-state index is 11.3. The Hall–Kier alpha value is -4.44. The lowest BCUT2D eigenvalue weighted by molar-refractivity contribution is -0.116. The molecule has 0 bridgehead atoms. The molecule has 11 heteroatoms. The number of rotatable bonds is 8. The molecular weight excluding hydrogens is 446 g/mol. The Morgan fingerprint density at radius 3 is 2.88 bits per heavy atom. The van der Waals surface area contributed by atoms with Gasteiger partial charge in [-0.3, -0.25) is 9.78 Å². The van der Waals surface area contributed by atoms with Crippen molar-refractivity contribution in [2.75, 3.05) is 11.1 Å². The normalized spacial score (nSPS) is 10.5. The minimum Gasteiger partial charge on any atom is -0.454 e. The van der Waals surface area contributed by atoms with Crippen LogP contribution in [0.3, 0.4) is 0 Å². The Morgan fingerprint density at radius 1 is 1.24 bits per heavy atom. The van der Waals surface area contributed by atoms with Crippen molar-refractivity contribution in [3.05, 3.63) is 78.4 Å². The standard InChI is InChI=1S/C22H18ClN7O3/c1-2-20(31)26-10-14-12-32-22(28-14)21-29-18(24)9-19(30-21)27-13-5-6-17(16(23)8-13)33-15-4-3-7-25-11-15/h2-9,11-12H,1,10H2,(H,26,31)(H3,24,27,29,30). The first kappa shape index (κ1) is 21.8. The molecule has 4 N–H and O–H groups in total. The topological polar surface area (TPSA) is 141 Å². The lowest BCUT2D eigenvalue weighted by atomic mass is 10.3. The highest BCUT2D eigenvalue weighted by atomic mass is 35.5. The van der Waals surface area contributed by atoms with Gasteiger partial charge in [-0.25, -0.2) is 15.0 Å². The average Bonchev–Trinajstić information content (AvgIpc) is 3.29. The van der Waals surface area contributed by atoms with Crippen LogP contribution in [0.5, 0.6) is 11.5 Å². The van der Waals surface area contributed by atoms with Crippen molar-refractivity contribution < 1.29 is 13.9 Å². The highest BCUT2D eigenvalue weighted by Crippen LogP contribution is 2.32. The second kappa shape index (κ2) is 9.79. The Morgan fingerprint density at radius 2 is 2.12 bits per heavy atom. The van der Waals surface area contributed by atoms with Crippen LogP contribution in [-0.4, -0.2) is 25.8 Å². The molecule has 0 aliphatic rings. The number of nitrogens with zero attached hydrogens (tertiary/aromatic N) is 4. The van der Waals surface area contributed by atoms with Crippen molar-refractivity contribution in [1.29, 1.82) is 0 Å². The number of hydrogen-bond acceptors (Lipinski definition) is 9. The number of benzene rings is 1. The molecule has 166 valence electrons. The van der Waals surface area contributed by atoms with E-state index in [0.29, 0.717) is 33.7 Å². The molecule has 0 atom stereocenters. The molecule has 3 aromatic heterocycles. The van der Waals surface area contributed by atoms with Crippen LogP contribution in [0.2, 0.25) is 5.02 Å². The zero-order valence-corrected chi connectivity index (χ0v) is 17.9. The summed E-state index contributed by atoms with van der Waals surface area (Å²) in [7, 11) is 0. The van der Waals surface area contributed by atoms with E-state index in [2.05, 4.69) is 37.1 Å². The zero-order chi connectivity index (χ0) is 23.2. The number of nitrogens with two attached hydrogens (primary N) is 1. The second-order valence-electron chi connectivity index (χ2n) is 6.63. The highest BCUT2D eigenvalue weighted by Gasteiger charge is 2.13. The van der Waals surface area contributed by atoms with Gasteiger partial charge in [0.25, 0.3) is 5.89 Å². The van der Waals surface area contributed by atoms with Gasteiger partial charge in [0.2, 0.25) is 11.7 Å². The molecule has 3 heterocycles. The van der Waals surface area contributed by atoms with E-state index in [4.69, 9.17) is 26.5 Å². The molecule has 0 aliphatic carbocycles. The first-order valence-electron chi connectivity index (χ1n) is 9.64. The van der Waals surface area contributed by atoms with E-state index in [-0.39, 0.29) is 30.0 Å². The number of hydrogen-bond donors (Lipinski definition) is 3. The summed E-state index contributed by atoms with van der Waals surface area (Å²) in [6.07, 6.45) is 5.82. The first-order chi connectivity index (χ1) is 16.0. The fraction of sp³-hybridized carbons (Fsp3) is 0.0455. The third-order valence-electron chi connectivity index (χ3n) is 4.18. The van der Waals surface area contributed by atoms with Crippen LogP contribution in [0, 0.1) is 0 Å². The SMILES string of the molecule is C=CC(=O)NCc1coc(-c2nc(N)cc(Nc3ccc(Oc4cccnc4)c(Cl)c3)n2)n1. The summed E-state index contributed by atoms with van der Waals surface area (Å²) < 4.78 is 11.2. The van der Waals surface area contributed by atoms with Gasteiger partial charge in [0.05, 0.1) is 23.5 Å². The van der Waals surface area contributed by atoms with Crippen LogP contribution in [0.15, 0.2) is 72.1 Å². The molecule has 0 saturated heterocycles. The molecule has 0 spiro atoms. The first-order valence-corrected chi connectivity index (χ1v) is 10.0. The smallest absolute Gasteiger partial charge is 0.265 e. The Labute approximate surface area is 193 Å². The molecule has 0 fully saturated rings. The second-order valence-corrected chi connectivity index (χ2v) is 7.04. The van der Waals surface area contributed by atoms with E-state index in [0.717, 1.165) is 0 Å². The highest BCUT2D eigenvalue weighted by molar-refractivity contribution is 6.32. The lowest BCUT2D eigenvalue weighted by Gasteiger charge is -2.11. The molecule has 0 radical (unpaired) electrons. The summed E-state index contributed by atoms with van der Waals surface area (Å²) in [6.45, 7) is 3.57. The van der Waals surface area contributed by atoms with Gasteiger partial charge in [-0.1, -0.05) is 18.2 Å². The van der Waals surface area contributed by atoms with Gasteiger partial charge in [-0.05, 0) is 36.4 Å². The molecule has 0 aliphatic heterocycles. The third-order valence-corrected chi connectivity index (χ3v) is 4.48. The number of nitrogen functional groups attached to an aromatic ring is 1. The fourth-order valence-corrected chi connectivity index (χ4v) is 2.93. The number of carbonyl (C=O) groups is 1. The van der Waals surface area contributed by atoms with Crippen molar-refractivity contribution in [3.8, 4) is 23.2 Å². The molecular formula is C22H18ClN7O3. The van der Waals surface area contributed by atoms with Crippen molar-refractivity contribution in [2.45, 2.75) is 6.54 Å². The predicted octanol–water partition coefficient (Wildman–Crippen LogP) is 4.10. The predicted molar refractivity (Wildman–Crippen MR) is 123 cm³/mol. The number of anilines is 3. The van der Waals surface area contributed by atoms with Crippen LogP contribution in [0.25, 0.3) is 11.7 Å². The van der Waals surface area contributed by atoms with Crippen molar-refractivity contribution in [1.82, 2.24) is 25.3 Å². The largest absolute Gasteiger partial charge is 0.454 e. The molecule has 1 aromatic carbocycles. The maximum Gasteiger partial charge on any atom is 0.265 e. The van der Waals surface area contributed by atoms with E-state index in [9.17, 15) is 4.79 Å². The molecule has 1 amide bonds. The number of oxazole rings is 1. The van der Waals surface area contributed by atoms with E-state index in [1.165, 1.54) is 12.3 Å². The zero-order valence-electron chi connectivity index (χ0n) is 17.2. The Bertz CT molecular complexity index is 1290. The number of pyridine rings is 1. The van der Waals surface area contributed by atoms with Gasteiger partial charge in [0, 0.05) is 18.0 Å². The van der Waals surface area contributed by atoms with Crippen molar-refractivity contribution >= 4 is 34.8 Å². The Balaban J connectivity index is 1.49. The van der Waals surface area contributed by atoms with Gasteiger partial charge < -0.3 is 25.5 Å². The molecule has 33 heavy (non-hydrogen) atoms. The third kappa shape index (κ3) is 5.63. The summed E-state index contributed by atoms with van der Waals surface area (Å²) in [4.78, 5) is 28.1. The molecule has 0 saturated carbocycles. The monoisotopic (exact) mass is 463 g/mol. The number of carbonyl (C=O) groups excluding carboxylic acids is 1. The summed E-state index contributed by atoms with van der Waals surface area (Å²) in [5.74, 6) is 1.70. The number of halogens is 1. The van der Waals surface area contributed by atoms with Gasteiger partial charge in [-0.15, -0.1) is 0 Å². The quantitative estimate of drug-likeness (QED) is 0.329. The fourth-order valence-electron chi connectivity index (χ4n) is 2.71. The van der Waals surface area contributed by atoms with E-state index < -0.39 is 0 Å². The van der Waals surface area contributed by atoms with E-state index in [1.54, 1.807) is 48.8 Å². The van der Waals surface area contributed by atoms with Gasteiger partial charge in [0.1, 0.15) is 29.4 Å². The van der Waals surface area contributed by atoms with E-state index in [1.807, 2.05) is 0 Å². The maximum atomic E-state index is 11.3. The minimum absolute atomic E-state index is 0.159. The van der Waals surface area contributed by atoms with Gasteiger partial charge in [0.15, 0.2) is 0 Å². The van der Waals surface area contributed by atoms with Crippen LogP contribution in [0.4, 0.5) is 17.3 Å². The average molecular weight is 464 g/mol. The number of aromatic nitrogens is 4. The summed E-state index contributed by atoms with van der Waals surface area (Å²) in [6, 6.07) is 10.3. The Kier molecular flexibility index (Phi) is 6.46. The summed E-state index contributed by atoms with van der Waals surface area (Å²) >= 11 is 6.37. The minimum atomic E-state index is -0.318. The summed E-state index contributed by atoms with van der Waals surface area (Å²) in [5, 5.41) is 6.12. The number of nitrogens with one attached hydrogen (secondary N) is 2. The van der Waals surface area contributed by atoms with Crippen LogP contribution in [-0.2, 0) is 11.3 Å². The van der Waals surface area contributed by atoms with Crippen LogP contribution < -0.4 is 21.1 Å². The lowest BCUT2D eigenvalue weighted by Crippen LogP contribution is -2.20. The number of amides is 1. The number of ether oxygens (including phenoxy) is 1. The van der Waals surface area contributed by atoms with Crippen LogP contribution >= 0.6 is 11.6 Å².